The van der Waals surface area contributed by atoms with Crippen LogP contribution in [0.15, 0.2) is 42.6 Å². The molecular weight excluding hydrogens is 436 g/mol. The predicted octanol–water partition coefficient (Wildman–Crippen LogP) is 2.85. The molecule has 1 aliphatic heterocycles. The van der Waals surface area contributed by atoms with Crippen LogP contribution in [-0.2, 0) is 14.4 Å². The lowest BCUT2D eigenvalue weighted by Gasteiger charge is -2.26. The Balaban J connectivity index is 1.62. The van der Waals surface area contributed by atoms with Crippen molar-refractivity contribution < 1.29 is 24.3 Å². The Morgan fingerprint density at radius 1 is 1.09 bits per heavy atom. The summed E-state index contributed by atoms with van der Waals surface area (Å²) in [6.07, 6.45) is 3.01. The molecule has 168 valence electrons. The zero-order chi connectivity index (χ0) is 23.1. The summed E-state index contributed by atoms with van der Waals surface area (Å²) in [7, 11) is 0. The topological polar surface area (TPSA) is 129 Å². The minimum atomic E-state index is -1.15. The van der Waals surface area contributed by atoms with Crippen molar-refractivity contribution in [3.63, 3.8) is 0 Å². The van der Waals surface area contributed by atoms with E-state index >= 15 is 0 Å². The number of carboxylic acid groups (broad SMARTS) is 1. The van der Waals surface area contributed by atoms with E-state index in [0.29, 0.717) is 29.2 Å². The molecule has 1 fully saturated rings. The fourth-order valence-corrected chi connectivity index (χ4v) is 3.50. The predicted molar refractivity (Wildman–Crippen MR) is 119 cm³/mol. The number of carbonyl (C=O) groups is 4. The molecule has 1 aromatic carbocycles. The largest absolute Gasteiger partial charge is 0.481 e. The molecule has 2 aromatic rings. The Hall–Kier alpha value is -3.46. The molecule has 32 heavy (non-hydrogen) atoms. The standard InChI is InChI=1S/C22H23ClN4O5/c23-15-6-9-18(24-13-15)26-19(28)11-16(12-21(30)31)25-22(32)14-4-7-17(8-5-14)27-10-2-1-3-20(27)29/h4-9,13,16H,1-3,10-12H2,(H,25,32)(H,30,31)(H,24,26,28). The molecule has 3 N–H and O–H groups in total. The van der Waals surface area contributed by atoms with Crippen molar-refractivity contribution in [1.82, 2.24) is 10.3 Å². The van der Waals surface area contributed by atoms with Gasteiger partial charge in [0.25, 0.3) is 5.91 Å². The minimum absolute atomic E-state index is 0.0520. The number of hydrogen-bond donors (Lipinski definition) is 3. The molecule has 3 rings (SSSR count). The maximum absolute atomic E-state index is 12.6. The molecule has 1 unspecified atom stereocenters. The van der Waals surface area contributed by atoms with Crippen molar-refractivity contribution in [3.8, 4) is 0 Å². The number of amides is 3. The number of pyridine rings is 1. The fraction of sp³-hybridized carbons (Fsp3) is 0.318. The highest BCUT2D eigenvalue weighted by Crippen LogP contribution is 2.21. The van der Waals surface area contributed by atoms with Gasteiger partial charge in [0, 0.05) is 42.9 Å². The zero-order valence-corrected chi connectivity index (χ0v) is 18.0. The van der Waals surface area contributed by atoms with Gasteiger partial charge in [-0.15, -0.1) is 0 Å². The highest BCUT2D eigenvalue weighted by Gasteiger charge is 2.22. The first-order valence-electron chi connectivity index (χ1n) is 10.2. The van der Waals surface area contributed by atoms with Crippen molar-refractivity contribution in [1.29, 1.82) is 0 Å². The molecule has 0 radical (unpaired) electrons. The Morgan fingerprint density at radius 2 is 1.84 bits per heavy atom. The van der Waals surface area contributed by atoms with Gasteiger partial charge in [-0.1, -0.05) is 11.6 Å². The van der Waals surface area contributed by atoms with Crippen LogP contribution in [0.25, 0.3) is 0 Å². The first kappa shape index (κ1) is 23.2. The van der Waals surface area contributed by atoms with E-state index in [1.54, 1.807) is 35.2 Å². The smallest absolute Gasteiger partial charge is 0.305 e. The van der Waals surface area contributed by atoms with Crippen LogP contribution in [0.2, 0.25) is 5.02 Å². The van der Waals surface area contributed by atoms with E-state index < -0.39 is 30.2 Å². The van der Waals surface area contributed by atoms with Crippen LogP contribution in [0.4, 0.5) is 11.5 Å². The monoisotopic (exact) mass is 458 g/mol. The molecule has 0 saturated carbocycles. The summed E-state index contributed by atoms with van der Waals surface area (Å²) >= 11 is 5.76. The fourth-order valence-electron chi connectivity index (χ4n) is 3.39. The first-order valence-corrected chi connectivity index (χ1v) is 10.5. The molecule has 0 bridgehead atoms. The third-order valence-corrected chi connectivity index (χ3v) is 5.17. The summed E-state index contributed by atoms with van der Waals surface area (Å²) in [4.78, 5) is 53.8. The van der Waals surface area contributed by atoms with Crippen molar-refractivity contribution in [2.24, 2.45) is 0 Å². The molecule has 9 nitrogen and oxygen atoms in total. The van der Waals surface area contributed by atoms with Crippen molar-refractivity contribution >= 4 is 46.8 Å². The van der Waals surface area contributed by atoms with Crippen LogP contribution in [0.3, 0.4) is 0 Å². The highest BCUT2D eigenvalue weighted by molar-refractivity contribution is 6.30. The lowest BCUT2D eigenvalue weighted by Crippen LogP contribution is -2.39. The zero-order valence-electron chi connectivity index (χ0n) is 17.2. The summed E-state index contributed by atoms with van der Waals surface area (Å²) in [5.41, 5.74) is 1.01. The number of anilines is 2. The van der Waals surface area contributed by atoms with E-state index in [-0.39, 0.29) is 18.1 Å². The molecule has 1 atom stereocenters. The Kier molecular flexibility index (Phi) is 7.77. The lowest BCUT2D eigenvalue weighted by molar-refractivity contribution is -0.137. The molecule has 10 heteroatoms. The molecule has 2 heterocycles. The molecule has 0 spiro atoms. The maximum atomic E-state index is 12.6. The number of aliphatic carboxylic acids is 1. The average molecular weight is 459 g/mol. The molecule has 1 aromatic heterocycles. The molecule has 0 aliphatic carbocycles. The van der Waals surface area contributed by atoms with E-state index in [2.05, 4.69) is 15.6 Å². The van der Waals surface area contributed by atoms with Crippen LogP contribution < -0.4 is 15.5 Å². The number of nitrogens with zero attached hydrogens (tertiary/aromatic N) is 2. The van der Waals surface area contributed by atoms with E-state index in [0.717, 1.165) is 12.8 Å². The summed E-state index contributed by atoms with van der Waals surface area (Å²) in [5, 5.41) is 14.7. The van der Waals surface area contributed by atoms with E-state index in [1.165, 1.54) is 12.3 Å². The lowest BCUT2D eigenvalue weighted by atomic mass is 10.1. The van der Waals surface area contributed by atoms with Gasteiger partial charge < -0.3 is 20.6 Å². The molecule has 1 aliphatic rings. The van der Waals surface area contributed by atoms with Crippen LogP contribution in [0.1, 0.15) is 42.5 Å². The van der Waals surface area contributed by atoms with Gasteiger partial charge >= 0.3 is 5.97 Å². The van der Waals surface area contributed by atoms with Gasteiger partial charge in [0.1, 0.15) is 5.82 Å². The third-order valence-electron chi connectivity index (χ3n) is 4.95. The third kappa shape index (κ3) is 6.52. The second-order valence-electron chi connectivity index (χ2n) is 7.43. The summed E-state index contributed by atoms with van der Waals surface area (Å²) in [6, 6.07) is 8.66. The van der Waals surface area contributed by atoms with Gasteiger partial charge in [0.15, 0.2) is 0 Å². The second-order valence-corrected chi connectivity index (χ2v) is 7.87. The summed E-state index contributed by atoms with van der Waals surface area (Å²) < 4.78 is 0. The van der Waals surface area contributed by atoms with Crippen LogP contribution in [0, 0.1) is 0 Å². The number of halogens is 1. The SMILES string of the molecule is O=C(O)CC(CC(=O)Nc1ccc(Cl)cn1)NC(=O)c1ccc(N2CCCCC2=O)cc1. The van der Waals surface area contributed by atoms with E-state index in [1.807, 2.05) is 0 Å². The van der Waals surface area contributed by atoms with Crippen LogP contribution >= 0.6 is 11.6 Å². The number of aromatic nitrogens is 1. The molecule has 1 saturated heterocycles. The van der Waals surface area contributed by atoms with Gasteiger partial charge in [0.05, 0.1) is 11.4 Å². The molecule has 3 amide bonds. The first-order chi connectivity index (χ1) is 15.3. The van der Waals surface area contributed by atoms with Crippen molar-refractivity contribution in [2.75, 3.05) is 16.8 Å². The Bertz CT molecular complexity index is 994. The maximum Gasteiger partial charge on any atom is 0.305 e. The van der Waals surface area contributed by atoms with Crippen molar-refractivity contribution in [2.45, 2.75) is 38.1 Å². The van der Waals surface area contributed by atoms with Gasteiger partial charge in [0.2, 0.25) is 11.8 Å². The molecular formula is C22H23ClN4O5. The summed E-state index contributed by atoms with van der Waals surface area (Å²) in [5.74, 6) is -1.83. The Morgan fingerprint density at radius 3 is 2.47 bits per heavy atom. The highest BCUT2D eigenvalue weighted by atomic mass is 35.5. The van der Waals surface area contributed by atoms with Crippen molar-refractivity contribution in [3.05, 3.63) is 53.2 Å². The number of benzene rings is 1. The number of carboxylic acids is 1. The van der Waals surface area contributed by atoms with E-state index in [9.17, 15) is 19.2 Å². The van der Waals surface area contributed by atoms with Gasteiger partial charge in [-0.3, -0.25) is 19.2 Å². The van der Waals surface area contributed by atoms with Crippen LogP contribution in [-0.4, -0.2) is 46.4 Å². The number of piperidine rings is 1. The second kappa shape index (κ2) is 10.7. The van der Waals surface area contributed by atoms with Crippen LogP contribution in [0.5, 0.6) is 0 Å². The van der Waals surface area contributed by atoms with E-state index in [4.69, 9.17) is 16.7 Å². The van der Waals surface area contributed by atoms with Gasteiger partial charge in [-0.25, -0.2) is 4.98 Å². The number of carbonyl (C=O) groups excluding carboxylic acids is 3. The minimum Gasteiger partial charge on any atom is -0.481 e. The number of hydrogen-bond acceptors (Lipinski definition) is 5. The number of nitrogens with one attached hydrogen (secondary N) is 2. The van der Waals surface area contributed by atoms with Gasteiger partial charge in [-0.2, -0.15) is 0 Å². The number of rotatable bonds is 8. The summed E-state index contributed by atoms with van der Waals surface area (Å²) in [6.45, 7) is 0.642. The normalized spacial score (nSPS) is 14.5. The Labute approximate surface area is 189 Å². The average Bonchev–Trinajstić information content (AvgIpc) is 2.75. The van der Waals surface area contributed by atoms with Gasteiger partial charge in [-0.05, 0) is 49.2 Å². The quantitative estimate of drug-likeness (QED) is 0.558.